The van der Waals surface area contributed by atoms with Gasteiger partial charge < -0.3 is 9.30 Å². The van der Waals surface area contributed by atoms with Crippen molar-refractivity contribution in [3.63, 3.8) is 0 Å². The zero-order valence-corrected chi connectivity index (χ0v) is 16.3. The molecule has 1 unspecified atom stereocenters. The SMILES string of the molecule is Cn1c(=O)c2c(-c3ccc(Br)cc3)n(CC3CCCO3)cc2n(C)c1=O. The average Bonchev–Trinajstić information content (AvgIpc) is 3.27. The number of fused-ring (bicyclic) bond motifs is 1. The van der Waals surface area contributed by atoms with Crippen LogP contribution in [0, 0.1) is 0 Å². The van der Waals surface area contributed by atoms with E-state index in [1.54, 1.807) is 7.05 Å². The highest BCUT2D eigenvalue weighted by molar-refractivity contribution is 9.10. The summed E-state index contributed by atoms with van der Waals surface area (Å²) in [7, 11) is 3.22. The Bertz CT molecular complexity index is 1090. The van der Waals surface area contributed by atoms with Gasteiger partial charge in [0.25, 0.3) is 5.56 Å². The third kappa shape index (κ3) is 2.75. The molecule has 0 amide bonds. The molecule has 0 bridgehead atoms. The number of rotatable bonds is 3. The second kappa shape index (κ2) is 6.55. The first kappa shape index (κ1) is 17.3. The zero-order valence-electron chi connectivity index (χ0n) is 14.7. The molecule has 1 saturated heterocycles. The minimum Gasteiger partial charge on any atom is -0.376 e. The lowest BCUT2D eigenvalue weighted by atomic mass is 10.1. The smallest absolute Gasteiger partial charge is 0.330 e. The molecular formula is C19H20BrN3O3. The van der Waals surface area contributed by atoms with E-state index in [-0.39, 0.29) is 17.4 Å². The van der Waals surface area contributed by atoms with Crippen molar-refractivity contribution < 1.29 is 4.74 Å². The van der Waals surface area contributed by atoms with Gasteiger partial charge in [0.05, 0.1) is 22.7 Å². The summed E-state index contributed by atoms with van der Waals surface area (Å²) in [5, 5.41) is 0.565. The molecule has 1 fully saturated rings. The van der Waals surface area contributed by atoms with Crippen molar-refractivity contribution in [2.24, 2.45) is 14.1 Å². The lowest BCUT2D eigenvalue weighted by Gasteiger charge is -2.14. The summed E-state index contributed by atoms with van der Waals surface area (Å²) >= 11 is 3.46. The van der Waals surface area contributed by atoms with Crippen molar-refractivity contribution in [1.29, 1.82) is 0 Å². The van der Waals surface area contributed by atoms with Gasteiger partial charge in [0, 0.05) is 37.9 Å². The van der Waals surface area contributed by atoms with Crippen molar-refractivity contribution in [2.45, 2.75) is 25.5 Å². The Labute approximate surface area is 158 Å². The van der Waals surface area contributed by atoms with E-state index in [0.717, 1.165) is 35.2 Å². The summed E-state index contributed by atoms with van der Waals surface area (Å²) < 4.78 is 11.5. The van der Waals surface area contributed by atoms with Gasteiger partial charge in [-0.3, -0.25) is 13.9 Å². The fourth-order valence-corrected chi connectivity index (χ4v) is 3.92. The summed E-state index contributed by atoms with van der Waals surface area (Å²) in [6, 6.07) is 7.87. The first-order valence-electron chi connectivity index (χ1n) is 8.64. The van der Waals surface area contributed by atoms with E-state index in [0.29, 0.717) is 17.4 Å². The lowest BCUT2D eigenvalue weighted by molar-refractivity contribution is 0.0975. The van der Waals surface area contributed by atoms with Crippen LogP contribution < -0.4 is 11.2 Å². The van der Waals surface area contributed by atoms with Crippen LogP contribution in [0.15, 0.2) is 44.5 Å². The molecule has 1 aliphatic rings. The summed E-state index contributed by atoms with van der Waals surface area (Å²) in [4.78, 5) is 25.2. The van der Waals surface area contributed by atoms with Crippen LogP contribution in [0.1, 0.15) is 12.8 Å². The lowest BCUT2D eigenvalue weighted by Crippen LogP contribution is -2.36. The molecule has 1 aromatic carbocycles. The number of hydrogen-bond donors (Lipinski definition) is 0. The van der Waals surface area contributed by atoms with Crippen LogP contribution in [-0.4, -0.2) is 26.4 Å². The van der Waals surface area contributed by atoms with Crippen LogP contribution in [0.3, 0.4) is 0 Å². The first-order valence-corrected chi connectivity index (χ1v) is 9.43. The Hall–Kier alpha value is -2.12. The van der Waals surface area contributed by atoms with E-state index in [9.17, 15) is 9.59 Å². The standard InChI is InChI=1S/C19H20BrN3O3/c1-21-15-11-23(10-14-4-3-9-26-14)17(12-5-7-13(20)8-6-12)16(15)18(24)22(2)19(21)25/h5-8,11,14H,3-4,9-10H2,1-2H3. The number of aryl methyl sites for hydroxylation is 1. The van der Waals surface area contributed by atoms with Crippen molar-refractivity contribution in [3.8, 4) is 11.3 Å². The highest BCUT2D eigenvalue weighted by Gasteiger charge is 2.23. The molecule has 0 spiro atoms. The van der Waals surface area contributed by atoms with Crippen molar-refractivity contribution in [3.05, 3.63) is 55.8 Å². The number of nitrogens with zero attached hydrogens (tertiary/aromatic N) is 3. The van der Waals surface area contributed by atoms with E-state index < -0.39 is 0 Å². The Morgan fingerprint density at radius 1 is 1.15 bits per heavy atom. The van der Waals surface area contributed by atoms with Gasteiger partial charge in [0.1, 0.15) is 0 Å². The molecule has 26 heavy (non-hydrogen) atoms. The molecule has 3 aromatic rings. The fourth-order valence-electron chi connectivity index (χ4n) is 3.66. The minimum absolute atomic E-state index is 0.131. The van der Waals surface area contributed by atoms with E-state index in [2.05, 4.69) is 20.5 Å². The molecule has 4 rings (SSSR count). The highest BCUT2D eigenvalue weighted by Crippen LogP contribution is 2.30. The monoisotopic (exact) mass is 417 g/mol. The maximum Gasteiger partial charge on any atom is 0.330 e. The molecule has 2 aromatic heterocycles. The molecule has 0 radical (unpaired) electrons. The highest BCUT2D eigenvalue weighted by atomic mass is 79.9. The maximum atomic E-state index is 12.9. The van der Waals surface area contributed by atoms with Gasteiger partial charge in [-0.05, 0) is 30.5 Å². The fraction of sp³-hybridized carbons (Fsp3) is 0.368. The number of ether oxygens (including phenoxy) is 1. The van der Waals surface area contributed by atoms with E-state index >= 15 is 0 Å². The van der Waals surface area contributed by atoms with Gasteiger partial charge in [0.2, 0.25) is 0 Å². The topological polar surface area (TPSA) is 58.2 Å². The summed E-state index contributed by atoms with van der Waals surface area (Å²) in [5.41, 5.74) is 1.83. The van der Waals surface area contributed by atoms with Crippen molar-refractivity contribution in [1.82, 2.24) is 13.7 Å². The van der Waals surface area contributed by atoms with Gasteiger partial charge >= 0.3 is 5.69 Å². The predicted molar refractivity (Wildman–Crippen MR) is 105 cm³/mol. The van der Waals surface area contributed by atoms with Crippen LogP contribution in [0.25, 0.3) is 22.2 Å². The van der Waals surface area contributed by atoms with Crippen LogP contribution in [0.5, 0.6) is 0 Å². The number of benzene rings is 1. The molecule has 1 atom stereocenters. The number of hydrogen-bond acceptors (Lipinski definition) is 3. The molecular weight excluding hydrogens is 398 g/mol. The van der Waals surface area contributed by atoms with Crippen LogP contribution in [0.4, 0.5) is 0 Å². The van der Waals surface area contributed by atoms with Gasteiger partial charge in [-0.2, -0.15) is 0 Å². The van der Waals surface area contributed by atoms with Crippen LogP contribution in [0.2, 0.25) is 0 Å². The maximum absolute atomic E-state index is 12.9. The molecule has 7 heteroatoms. The minimum atomic E-state index is -0.320. The molecule has 0 N–H and O–H groups in total. The Morgan fingerprint density at radius 2 is 1.88 bits per heavy atom. The molecule has 1 aliphatic heterocycles. The Kier molecular flexibility index (Phi) is 4.36. The Morgan fingerprint density at radius 3 is 2.54 bits per heavy atom. The molecule has 136 valence electrons. The number of aromatic nitrogens is 3. The average molecular weight is 418 g/mol. The molecule has 0 aliphatic carbocycles. The third-order valence-electron chi connectivity index (χ3n) is 5.05. The zero-order chi connectivity index (χ0) is 18.4. The predicted octanol–water partition coefficient (Wildman–Crippen LogP) is 2.65. The third-order valence-corrected chi connectivity index (χ3v) is 5.58. The van der Waals surface area contributed by atoms with Gasteiger partial charge in [0.15, 0.2) is 0 Å². The molecule has 3 heterocycles. The van der Waals surface area contributed by atoms with E-state index in [1.165, 1.54) is 16.2 Å². The van der Waals surface area contributed by atoms with Crippen molar-refractivity contribution >= 4 is 26.8 Å². The number of halogens is 1. The normalized spacial score (nSPS) is 17.3. The quantitative estimate of drug-likeness (QED) is 0.657. The Balaban J connectivity index is 2.02. The molecule has 6 nitrogen and oxygen atoms in total. The summed E-state index contributed by atoms with van der Waals surface area (Å²) in [6.07, 6.45) is 4.09. The second-order valence-electron chi connectivity index (χ2n) is 6.74. The van der Waals surface area contributed by atoms with Gasteiger partial charge in [-0.1, -0.05) is 28.1 Å². The van der Waals surface area contributed by atoms with Gasteiger partial charge in [-0.25, -0.2) is 4.79 Å². The summed E-state index contributed by atoms with van der Waals surface area (Å²) in [6.45, 7) is 1.44. The first-order chi connectivity index (χ1) is 12.5. The molecule has 0 saturated carbocycles. The van der Waals surface area contributed by atoms with E-state index in [1.807, 2.05) is 30.5 Å². The van der Waals surface area contributed by atoms with E-state index in [4.69, 9.17) is 4.74 Å². The largest absolute Gasteiger partial charge is 0.376 e. The van der Waals surface area contributed by atoms with Crippen LogP contribution >= 0.6 is 15.9 Å². The van der Waals surface area contributed by atoms with Gasteiger partial charge in [-0.15, -0.1) is 0 Å². The van der Waals surface area contributed by atoms with Crippen LogP contribution in [-0.2, 0) is 25.4 Å². The second-order valence-corrected chi connectivity index (χ2v) is 7.65. The summed E-state index contributed by atoms with van der Waals surface area (Å²) in [5.74, 6) is 0. The van der Waals surface area contributed by atoms with Crippen molar-refractivity contribution in [2.75, 3.05) is 6.61 Å².